The number of hydrogen-bond donors (Lipinski definition) is 0. The van der Waals surface area contributed by atoms with E-state index in [1.807, 2.05) is 38.1 Å². The maximum Gasteiger partial charge on any atom is 0.314 e. The lowest BCUT2D eigenvalue weighted by Crippen LogP contribution is -2.23. The van der Waals surface area contributed by atoms with Gasteiger partial charge in [0, 0.05) is 5.56 Å². The molecule has 0 atom stereocenters. The molecule has 0 aromatic heterocycles. The first-order valence-corrected chi connectivity index (χ1v) is 9.90. The Labute approximate surface area is 165 Å². The molecule has 1 fully saturated rings. The monoisotopic (exact) mass is 376 g/mol. The molecule has 0 amide bonds. The first-order valence-electron chi connectivity index (χ1n) is 9.90. The SMILES string of the molecule is Cc1ccccc1/C=C1\Oc2c(ccc(OC(=O)C3CCCCC3)c2C)C1=O. The summed E-state index contributed by atoms with van der Waals surface area (Å²) in [6.45, 7) is 3.82. The van der Waals surface area contributed by atoms with E-state index >= 15 is 0 Å². The van der Waals surface area contributed by atoms with Crippen LogP contribution in [0.2, 0.25) is 0 Å². The Morgan fingerprint density at radius 2 is 1.82 bits per heavy atom. The molecular formula is C24H24O4. The number of Topliss-reactive ketones (excluding diaryl/α,β-unsaturated/α-hetero) is 1. The molecule has 0 N–H and O–H groups in total. The highest BCUT2D eigenvalue weighted by Gasteiger charge is 2.31. The minimum absolute atomic E-state index is 0.0273. The number of hydrogen-bond acceptors (Lipinski definition) is 4. The molecule has 1 saturated carbocycles. The van der Waals surface area contributed by atoms with Crippen molar-refractivity contribution in [1.29, 1.82) is 0 Å². The van der Waals surface area contributed by atoms with E-state index in [1.165, 1.54) is 6.42 Å². The summed E-state index contributed by atoms with van der Waals surface area (Å²) in [7, 11) is 0. The molecule has 0 saturated heterocycles. The lowest BCUT2D eigenvalue weighted by atomic mass is 9.89. The highest BCUT2D eigenvalue weighted by Crippen LogP contribution is 2.40. The summed E-state index contributed by atoms with van der Waals surface area (Å²) in [6.07, 6.45) is 6.89. The molecule has 4 rings (SSSR count). The van der Waals surface area contributed by atoms with Gasteiger partial charge in [-0.2, -0.15) is 0 Å². The first-order chi connectivity index (χ1) is 13.5. The van der Waals surface area contributed by atoms with Gasteiger partial charge in [0.15, 0.2) is 5.76 Å². The molecule has 2 aromatic carbocycles. The third-order valence-electron chi connectivity index (χ3n) is 5.66. The van der Waals surface area contributed by atoms with E-state index in [1.54, 1.807) is 18.2 Å². The van der Waals surface area contributed by atoms with Crippen LogP contribution in [0, 0.1) is 19.8 Å². The second kappa shape index (κ2) is 7.63. The third-order valence-corrected chi connectivity index (χ3v) is 5.66. The zero-order chi connectivity index (χ0) is 19.7. The number of rotatable bonds is 3. The van der Waals surface area contributed by atoms with E-state index < -0.39 is 0 Å². The van der Waals surface area contributed by atoms with Crippen LogP contribution in [0.1, 0.15) is 59.2 Å². The van der Waals surface area contributed by atoms with Crippen LogP contribution >= 0.6 is 0 Å². The summed E-state index contributed by atoms with van der Waals surface area (Å²) < 4.78 is 11.6. The van der Waals surface area contributed by atoms with Crippen LogP contribution in [0.3, 0.4) is 0 Å². The maximum atomic E-state index is 12.7. The number of ketones is 1. The summed E-state index contributed by atoms with van der Waals surface area (Å²) in [4.78, 5) is 25.2. The number of ether oxygens (including phenoxy) is 2. The largest absolute Gasteiger partial charge is 0.452 e. The second-order valence-corrected chi connectivity index (χ2v) is 7.62. The van der Waals surface area contributed by atoms with Crippen molar-refractivity contribution in [1.82, 2.24) is 0 Å². The van der Waals surface area contributed by atoms with Gasteiger partial charge in [-0.3, -0.25) is 9.59 Å². The first kappa shape index (κ1) is 18.5. The van der Waals surface area contributed by atoms with Crippen LogP contribution in [0.4, 0.5) is 0 Å². The molecule has 144 valence electrons. The van der Waals surface area contributed by atoms with Gasteiger partial charge in [0.05, 0.1) is 11.5 Å². The van der Waals surface area contributed by atoms with Gasteiger partial charge in [-0.05, 0) is 56.0 Å². The van der Waals surface area contributed by atoms with Gasteiger partial charge in [0.25, 0.3) is 0 Å². The molecule has 4 nitrogen and oxygen atoms in total. The molecule has 2 aromatic rings. The van der Waals surface area contributed by atoms with Crippen LogP contribution in [-0.2, 0) is 4.79 Å². The van der Waals surface area contributed by atoms with Gasteiger partial charge in [-0.25, -0.2) is 0 Å². The summed E-state index contributed by atoms with van der Waals surface area (Å²) >= 11 is 0. The Bertz CT molecular complexity index is 965. The number of carbonyl (C=O) groups is 2. The molecule has 1 aliphatic heterocycles. The number of benzene rings is 2. The predicted octanol–water partition coefficient (Wildman–Crippen LogP) is 5.41. The summed E-state index contributed by atoms with van der Waals surface area (Å²) in [5.74, 6) is 0.899. The van der Waals surface area contributed by atoms with Gasteiger partial charge in [0.2, 0.25) is 5.78 Å². The Kier molecular flexibility index (Phi) is 5.03. The second-order valence-electron chi connectivity index (χ2n) is 7.62. The number of aryl methyl sites for hydroxylation is 1. The van der Waals surface area contributed by atoms with E-state index in [0.717, 1.165) is 36.8 Å². The topological polar surface area (TPSA) is 52.6 Å². The molecule has 1 aliphatic carbocycles. The van der Waals surface area contributed by atoms with Crippen LogP contribution in [-0.4, -0.2) is 11.8 Å². The summed E-state index contributed by atoms with van der Waals surface area (Å²) in [5, 5.41) is 0. The number of fused-ring (bicyclic) bond motifs is 1. The lowest BCUT2D eigenvalue weighted by molar-refractivity contribution is -0.140. The van der Waals surface area contributed by atoms with Crippen LogP contribution in [0.15, 0.2) is 42.2 Å². The van der Waals surface area contributed by atoms with Crippen molar-refractivity contribution < 1.29 is 19.1 Å². The van der Waals surface area contributed by atoms with Crippen molar-refractivity contribution in [2.24, 2.45) is 5.92 Å². The Balaban J connectivity index is 1.58. The van der Waals surface area contributed by atoms with Gasteiger partial charge < -0.3 is 9.47 Å². The number of allylic oxidation sites excluding steroid dienone is 1. The zero-order valence-electron chi connectivity index (χ0n) is 16.3. The number of carbonyl (C=O) groups excluding carboxylic acids is 2. The fourth-order valence-corrected chi connectivity index (χ4v) is 3.90. The van der Waals surface area contributed by atoms with Crippen molar-refractivity contribution in [2.75, 3.05) is 0 Å². The maximum absolute atomic E-state index is 12.7. The van der Waals surface area contributed by atoms with Crippen molar-refractivity contribution in [3.63, 3.8) is 0 Å². The molecule has 0 spiro atoms. The van der Waals surface area contributed by atoms with E-state index in [4.69, 9.17) is 9.47 Å². The lowest BCUT2D eigenvalue weighted by Gasteiger charge is -2.20. The van der Waals surface area contributed by atoms with Crippen molar-refractivity contribution in [3.05, 3.63) is 64.4 Å². The van der Waals surface area contributed by atoms with Gasteiger partial charge >= 0.3 is 5.97 Å². The van der Waals surface area contributed by atoms with E-state index in [2.05, 4.69) is 0 Å². The fourth-order valence-electron chi connectivity index (χ4n) is 3.90. The van der Waals surface area contributed by atoms with E-state index in [9.17, 15) is 9.59 Å². The molecular weight excluding hydrogens is 352 g/mol. The fraction of sp³-hybridized carbons (Fsp3) is 0.333. The number of esters is 1. The van der Waals surface area contributed by atoms with Crippen molar-refractivity contribution >= 4 is 17.8 Å². The molecule has 2 aliphatic rings. The zero-order valence-corrected chi connectivity index (χ0v) is 16.3. The highest BCUT2D eigenvalue weighted by atomic mass is 16.5. The van der Waals surface area contributed by atoms with Crippen LogP contribution in [0.5, 0.6) is 11.5 Å². The Morgan fingerprint density at radius 1 is 1.07 bits per heavy atom. The normalized spacial score (nSPS) is 18.1. The summed E-state index contributed by atoms with van der Waals surface area (Å²) in [5.41, 5.74) is 3.21. The van der Waals surface area contributed by atoms with Gasteiger partial charge in [0.1, 0.15) is 11.5 Å². The summed E-state index contributed by atoms with van der Waals surface area (Å²) in [6, 6.07) is 11.2. The molecule has 1 heterocycles. The van der Waals surface area contributed by atoms with Crippen LogP contribution in [0.25, 0.3) is 6.08 Å². The van der Waals surface area contributed by atoms with Gasteiger partial charge in [-0.15, -0.1) is 0 Å². The Morgan fingerprint density at radius 3 is 2.57 bits per heavy atom. The predicted molar refractivity (Wildman–Crippen MR) is 108 cm³/mol. The third kappa shape index (κ3) is 3.47. The quantitative estimate of drug-likeness (QED) is 0.409. The van der Waals surface area contributed by atoms with Crippen molar-refractivity contribution in [3.8, 4) is 11.5 Å². The molecule has 4 heteroatoms. The van der Waals surface area contributed by atoms with E-state index in [0.29, 0.717) is 28.4 Å². The van der Waals surface area contributed by atoms with E-state index in [-0.39, 0.29) is 17.7 Å². The molecule has 28 heavy (non-hydrogen) atoms. The smallest absolute Gasteiger partial charge is 0.314 e. The average Bonchev–Trinajstić information content (AvgIpc) is 3.03. The minimum atomic E-state index is -0.178. The molecule has 0 unspecified atom stereocenters. The Hall–Kier alpha value is -2.88. The minimum Gasteiger partial charge on any atom is -0.452 e. The molecule has 0 radical (unpaired) electrons. The highest BCUT2D eigenvalue weighted by molar-refractivity contribution is 6.15. The van der Waals surface area contributed by atoms with Crippen LogP contribution < -0.4 is 9.47 Å². The van der Waals surface area contributed by atoms with Crippen molar-refractivity contribution in [2.45, 2.75) is 46.0 Å². The van der Waals surface area contributed by atoms with Gasteiger partial charge in [-0.1, -0.05) is 43.5 Å². The standard InChI is InChI=1S/C24H24O4/c1-15-8-6-7-11-18(15)14-21-22(25)19-12-13-20(16(2)23(19)27-21)28-24(26)17-9-4-3-5-10-17/h6-8,11-14,17H,3-5,9-10H2,1-2H3/b21-14-. The molecule has 0 bridgehead atoms. The average molecular weight is 376 g/mol.